The van der Waals surface area contributed by atoms with Crippen LogP contribution in [0.2, 0.25) is 5.02 Å². The highest BCUT2D eigenvalue weighted by Crippen LogP contribution is 2.21. The Kier molecular flexibility index (Phi) is 6.51. The molecule has 0 aliphatic carbocycles. The average molecular weight is 432 g/mol. The van der Waals surface area contributed by atoms with Crippen LogP contribution in [0.3, 0.4) is 0 Å². The molecule has 0 saturated carbocycles. The smallest absolute Gasteiger partial charge is 0.337 e. The zero-order valence-corrected chi connectivity index (χ0v) is 17.9. The zero-order valence-electron chi connectivity index (χ0n) is 17.2. The Balaban J connectivity index is 1.69. The number of benzene rings is 1. The summed E-state index contributed by atoms with van der Waals surface area (Å²) in [6, 6.07) is 4.76. The number of hydrogen-bond acceptors (Lipinski definition) is 7. The number of hydrogen-bond donors (Lipinski definition) is 1. The van der Waals surface area contributed by atoms with Crippen LogP contribution in [0.5, 0.6) is 0 Å². The summed E-state index contributed by atoms with van der Waals surface area (Å²) in [5.41, 5.74) is 3.79. The molecule has 30 heavy (non-hydrogen) atoms. The van der Waals surface area contributed by atoms with Crippen LogP contribution in [0.15, 0.2) is 22.7 Å². The van der Waals surface area contributed by atoms with Gasteiger partial charge >= 0.3 is 17.8 Å². The minimum atomic E-state index is -0.480. The molecule has 158 valence electrons. The van der Waals surface area contributed by atoms with Crippen LogP contribution in [-0.4, -0.2) is 38.9 Å². The van der Waals surface area contributed by atoms with E-state index in [1.54, 1.807) is 18.2 Å². The van der Waals surface area contributed by atoms with Crippen molar-refractivity contribution in [2.75, 3.05) is 7.11 Å². The summed E-state index contributed by atoms with van der Waals surface area (Å²) in [5.74, 6) is -0.831. The first-order valence-corrected chi connectivity index (χ1v) is 9.72. The standard InChI is InChI=1S/C20H22ClN5O4/c1-5-26-12(3)15(11(2)24-26)10-22-18(27)19-23-17(25-30-19)9-14-8-13(20(28)29-4)6-7-16(14)21/h6-8H,5,9-10H2,1-4H3,(H,22,27). The van der Waals surface area contributed by atoms with Crippen LogP contribution >= 0.6 is 11.6 Å². The summed E-state index contributed by atoms with van der Waals surface area (Å²) in [5, 5.41) is 11.5. The van der Waals surface area contributed by atoms with E-state index >= 15 is 0 Å². The summed E-state index contributed by atoms with van der Waals surface area (Å²) in [6.45, 7) is 6.93. The quantitative estimate of drug-likeness (QED) is 0.572. The summed E-state index contributed by atoms with van der Waals surface area (Å²) < 4.78 is 11.7. The van der Waals surface area contributed by atoms with E-state index in [4.69, 9.17) is 20.9 Å². The van der Waals surface area contributed by atoms with E-state index in [9.17, 15) is 9.59 Å². The Hall–Kier alpha value is -3.20. The van der Waals surface area contributed by atoms with Crippen LogP contribution in [0.1, 0.15) is 56.3 Å². The maximum absolute atomic E-state index is 12.4. The third-order valence-corrected chi connectivity index (χ3v) is 5.10. The highest BCUT2D eigenvalue weighted by molar-refractivity contribution is 6.31. The van der Waals surface area contributed by atoms with Gasteiger partial charge in [-0.25, -0.2) is 4.79 Å². The highest BCUT2D eigenvalue weighted by Gasteiger charge is 2.18. The van der Waals surface area contributed by atoms with Gasteiger partial charge in [0.1, 0.15) is 0 Å². The van der Waals surface area contributed by atoms with Crippen molar-refractivity contribution in [1.82, 2.24) is 25.2 Å². The maximum atomic E-state index is 12.4. The summed E-state index contributed by atoms with van der Waals surface area (Å²) in [6.07, 6.45) is 0.196. The molecule has 3 aromatic rings. The number of carbonyl (C=O) groups is 2. The zero-order chi connectivity index (χ0) is 21.8. The molecule has 0 spiro atoms. The molecule has 1 aromatic carbocycles. The van der Waals surface area contributed by atoms with Crippen LogP contribution in [-0.2, 0) is 24.2 Å². The number of esters is 1. The fourth-order valence-corrected chi connectivity index (χ4v) is 3.27. The lowest BCUT2D eigenvalue weighted by Gasteiger charge is -2.04. The minimum Gasteiger partial charge on any atom is -0.465 e. The molecule has 3 rings (SSSR count). The Morgan fingerprint density at radius 3 is 2.73 bits per heavy atom. The highest BCUT2D eigenvalue weighted by atomic mass is 35.5. The Bertz CT molecular complexity index is 1090. The molecular weight excluding hydrogens is 410 g/mol. The first kappa shape index (κ1) is 21.5. The van der Waals surface area contributed by atoms with Gasteiger partial charge in [0, 0.05) is 35.8 Å². The van der Waals surface area contributed by atoms with E-state index in [1.807, 2.05) is 25.5 Å². The maximum Gasteiger partial charge on any atom is 0.337 e. The first-order valence-electron chi connectivity index (χ1n) is 9.34. The van der Waals surface area contributed by atoms with Gasteiger partial charge in [0.15, 0.2) is 5.82 Å². The van der Waals surface area contributed by atoms with E-state index in [-0.39, 0.29) is 18.1 Å². The third-order valence-electron chi connectivity index (χ3n) is 4.73. The predicted octanol–water partition coefficient (Wildman–Crippen LogP) is 2.86. The van der Waals surface area contributed by atoms with Gasteiger partial charge in [0.05, 0.1) is 18.4 Å². The second kappa shape index (κ2) is 9.08. The number of carbonyl (C=O) groups excluding carboxylic acids is 2. The van der Waals surface area contributed by atoms with Crippen molar-refractivity contribution < 1.29 is 18.8 Å². The monoisotopic (exact) mass is 431 g/mol. The number of nitrogens with one attached hydrogen (secondary N) is 1. The lowest BCUT2D eigenvalue weighted by molar-refractivity contribution is 0.0600. The molecule has 10 heteroatoms. The summed E-state index contributed by atoms with van der Waals surface area (Å²) in [7, 11) is 1.30. The fraction of sp³-hybridized carbons (Fsp3) is 0.350. The van der Waals surface area contributed by atoms with Crippen molar-refractivity contribution >= 4 is 23.5 Å². The molecule has 0 atom stereocenters. The second-order valence-corrected chi connectivity index (χ2v) is 7.05. The summed E-state index contributed by atoms with van der Waals surface area (Å²) in [4.78, 5) is 28.3. The second-order valence-electron chi connectivity index (χ2n) is 6.64. The molecule has 1 N–H and O–H groups in total. The largest absolute Gasteiger partial charge is 0.465 e. The van der Waals surface area contributed by atoms with Gasteiger partial charge in [0.2, 0.25) is 0 Å². The van der Waals surface area contributed by atoms with Gasteiger partial charge in [-0.1, -0.05) is 16.8 Å². The van der Waals surface area contributed by atoms with Gasteiger partial charge < -0.3 is 14.6 Å². The summed E-state index contributed by atoms with van der Waals surface area (Å²) >= 11 is 6.20. The van der Waals surface area contributed by atoms with E-state index < -0.39 is 11.9 Å². The molecule has 0 aliphatic heterocycles. The molecule has 1 amide bonds. The number of aryl methyl sites for hydroxylation is 2. The molecular formula is C20H22ClN5O4. The normalized spacial score (nSPS) is 10.8. The molecule has 2 aromatic heterocycles. The Labute approximate surface area is 178 Å². The van der Waals surface area contributed by atoms with Crippen molar-refractivity contribution in [3.63, 3.8) is 0 Å². The van der Waals surface area contributed by atoms with Crippen LogP contribution in [0, 0.1) is 13.8 Å². The van der Waals surface area contributed by atoms with Gasteiger partial charge in [-0.2, -0.15) is 10.1 Å². The molecule has 0 bridgehead atoms. The molecule has 0 fully saturated rings. The van der Waals surface area contributed by atoms with Crippen molar-refractivity contribution in [3.8, 4) is 0 Å². The third kappa shape index (κ3) is 4.51. The lowest BCUT2D eigenvalue weighted by Crippen LogP contribution is -2.23. The van der Waals surface area contributed by atoms with E-state index in [0.29, 0.717) is 22.7 Å². The Morgan fingerprint density at radius 1 is 1.30 bits per heavy atom. The first-order chi connectivity index (χ1) is 14.3. The number of ether oxygens (including phenoxy) is 1. The topological polar surface area (TPSA) is 112 Å². The van der Waals surface area contributed by atoms with Crippen LogP contribution in [0.25, 0.3) is 0 Å². The fourth-order valence-electron chi connectivity index (χ4n) is 3.09. The van der Waals surface area contributed by atoms with Crippen LogP contribution < -0.4 is 5.32 Å². The van der Waals surface area contributed by atoms with Crippen molar-refractivity contribution in [2.24, 2.45) is 0 Å². The number of amides is 1. The lowest BCUT2D eigenvalue weighted by atomic mass is 10.1. The van der Waals surface area contributed by atoms with E-state index in [1.165, 1.54) is 7.11 Å². The van der Waals surface area contributed by atoms with Crippen molar-refractivity contribution in [2.45, 2.75) is 40.3 Å². The molecule has 2 heterocycles. The number of halogens is 1. The molecule has 0 radical (unpaired) electrons. The van der Waals surface area contributed by atoms with E-state index in [0.717, 1.165) is 23.5 Å². The van der Waals surface area contributed by atoms with Gasteiger partial charge in [-0.15, -0.1) is 0 Å². The molecule has 0 saturated heterocycles. The van der Waals surface area contributed by atoms with Gasteiger partial charge in [-0.3, -0.25) is 9.48 Å². The van der Waals surface area contributed by atoms with Gasteiger partial charge in [-0.05, 0) is 44.5 Å². The predicted molar refractivity (Wildman–Crippen MR) is 108 cm³/mol. The average Bonchev–Trinajstić information content (AvgIpc) is 3.31. The van der Waals surface area contributed by atoms with Crippen LogP contribution in [0.4, 0.5) is 0 Å². The Morgan fingerprint density at radius 2 is 2.07 bits per heavy atom. The van der Waals surface area contributed by atoms with Crippen molar-refractivity contribution in [1.29, 1.82) is 0 Å². The molecule has 0 unspecified atom stereocenters. The number of aromatic nitrogens is 4. The number of nitrogens with zero attached hydrogens (tertiary/aromatic N) is 4. The van der Waals surface area contributed by atoms with Crippen molar-refractivity contribution in [3.05, 3.63) is 63.0 Å². The number of methoxy groups -OCH3 is 1. The SMILES string of the molecule is CCn1nc(C)c(CNC(=O)c2nc(Cc3cc(C(=O)OC)ccc3Cl)no2)c1C. The number of rotatable bonds is 7. The van der Waals surface area contributed by atoms with E-state index in [2.05, 4.69) is 20.6 Å². The molecule has 9 nitrogen and oxygen atoms in total. The van der Waals surface area contributed by atoms with Gasteiger partial charge in [0.25, 0.3) is 0 Å². The minimum absolute atomic E-state index is 0.150. The molecule has 0 aliphatic rings.